The molecule has 0 aromatic heterocycles. The Balaban J connectivity index is 2.09. The van der Waals surface area contributed by atoms with Crippen molar-refractivity contribution in [2.24, 2.45) is 11.3 Å². The van der Waals surface area contributed by atoms with E-state index in [-0.39, 0.29) is 6.04 Å². The van der Waals surface area contributed by atoms with E-state index in [0.29, 0.717) is 16.2 Å². The molecule has 0 spiro atoms. The fourth-order valence-corrected chi connectivity index (χ4v) is 4.65. The molecule has 3 nitrogen and oxygen atoms in total. The molecule has 0 heterocycles. The van der Waals surface area contributed by atoms with E-state index in [1.54, 1.807) is 12.1 Å². The molecule has 0 amide bonds. The monoisotopic (exact) mass is 309 g/mol. The quantitative estimate of drug-likeness (QED) is 0.917. The normalized spacial score (nSPS) is 25.7. The van der Waals surface area contributed by atoms with Gasteiger partial charge in [0.2, 0.25) is 10.0 Å². The van der Waals surface area contributed by atoms with Gasteiger partial charge < -0.3 is 0 Å². The molecule has 4 heteroatoms. The summed E-state index contributed by atoms with van der Waals surface area (Å²) in [6.07, 6.45) is 4.05. The van der Waals surface area contributed by atoms with Crippen molar-refractivity contribution in [3.63, 3.8) is 0 Å². The van der Waals surface area contributed by atoms with Crippen LogP contribution in [0, 0.1) is 18.3 Å². The Hall–Kier alpha value is -0.870. The van der Waals surface area contributed by atoms with Crippen LogP contribution in [0.1, 0.15) is 52.0 Å². The lowest BCUT2D eigenvalue weighted by Crippen LogP contribution is -2.43. The molecular weight excluding hydrogens is 282 g/mol. The molecule has 0 radical (unpaired) electrons. The molecule has 2 atom stereocenters. The summed E-state index contributed by atoms with van der Waals surface area (Å²) in [7, 11) is -3.40. The van der Waals surface area contributed by atoms with Crippen LogP contribution in [0.5, 0.6) is 0 Å². The molecule has 1 fully saturated rings. The first-order chi connectivity index (χ1) is 9.74. The third-order valence-corrected chi connectivity index (χ3v) is 6.49. The van der Waals surface area contributed by atoms with Gasteiger partial charge in [0, 0.05) is 6.04 Å². The Morgan fingerprint density at radius 2 is 1.86 bits per heavy atom. The van der Waals surface area contributed by atoms with Gasteiger partial charge in [0.25, 0.3) is 0 Å². The maximum Gasteiger partial charge on any atom is 0.240 e. The van der Waals surface area contributed by atoms with Crippen molar-refractivity contribution in [3.05, 3.63) is 29.8 Å². The number of aryl methyl sites for hydroxylation is 1. The largest absolute Gasteiger partial charge is 0.240 e. The Morgan fingerprint density at radius 1 is 1.24 bits per heavy atom. The van der Waals surface area contributed by atoms with Crippen molar-refractivity contribution < 1.29 is 8.42 Å². The van der Waals surface area contributed by atoms with Gasteiger partial charge in [-0.1, -0.05) is 44.9 Å². The molecule has 21 heavy (non-hydrogen) atoms. The van der Waals surface area contributed by atoms with Crippen LogP contribution in [0.25, 0.3) is 0 Å². The van der Waals surface area contributed by atoms with Crippen molar-refractivity contribution in [1.82, 2.24) is 4.72 Å². The molecule has 0 saturated heterocycles. The van der Waals surface area contributed by atoms with Gasteiger partial charge in [-0.05, 0) is 49.7 Å². The van der Waals surface area contributed by atoms with Gasteiger partial charge in [-0.3, -0.25) is 0 Å². The van der Waals surface area contributed by atoms with Crippen LogP contribution in [-0.2, 0) is 10.0 Å². The highest BCUT2D eigenvalue weighted by Crippen LogP contribution is 2.42. The summed E-state index contributed by atoms with van der Waals surface area (Å²) in [5.41, 5.74) is 1.39. The zero-order chi connectivity index (χ0) is 15.7. The fraction of sp³-hybridized carbons (Fsp3) is 0.647. The van der Waals surface area contributed by atoms with E-state index in [0.717, 1.165) is 31.2 Å². The summed E-state index contributed by atoms with van der Waals surface area (Å²) in [6.45, 7) is 8.75. The number of nitrogens with one attached hydrogen (secondary N) is 1. The first kappa shape index (κ1) is 16.5. The van der Waals surface area contributed by atoms with Gasteiger partial charge in [-0.2, -0.15) is 0 Å². The lowest BCUT2D eigenvalue weighted by Gasteiger charge is -2.42. The maximum atomic E-state index is 12.5. The van der Waals surface area contributed by atoms with Crippen molar-refractivity contribution >= 4 is 10.0 Å². The summed E-state index contributed by atoms with van der Waals surface area (Å²) in [4.78, 5) is 0.367. The molecule has 0 aliphatic heterocycles. The summed E-state index contributed by atoms with van der Waals surface area (Å²) >= 11 is 0. The molecular formula is C17H27NO2S. The van der Waals surface area contributed by atoms with Gasteiger partial charge in [-0.25, -0.2) is 13.1 Å². The minimum Gasteiger partial charge on any atom is -0.208 e. The molecule has 118 valence electrons. The third kappa shape index (κ3) is 3.86. The van der Waals surface area contributed by atoms with Crippen LogP contribution in [0.4, 0.5) is 0 Å². The van der Waals surface area contributed by atoms with Crippen molar-refractivity contribution in [2.75, 3.05) is 0 Å². The predicted octanol–water partition coefficient (Wildman–Crippen LogP) is 3.88. The van der Waals surface area contributed by atoms with Gasteiger partial charge in [0.05, 0.1) is 4.90 Å². The summed E-state index contributed by atoms with van der Waals surface area (Å²) < 4.78 is 27.8. The number of hydrogen-bond acceptors (Lipinski definition) is 2. The fourth-order valence-electron chi connectivity index (χ4n) is 3.36. The smallest absolute Gasteiger partial charge is 0.208 e. The average molecular weight is 309 g/mol. The van der Waals surface area contributed by atoms with E-state index in [1.807, 2.05) is 19.1 Å². The highest BCUT2D eigenvalue weighted by atomic mass is 32.2. The van der Waals surface area contributed by atoms with Crippen molar-refractivity contribution in [3.8, 4) is 0 Å². The van der Waals surface area contributed by atoms with E-state index in [4.69, 9.17) is 0 Å². The first-order valence-electron chi connectivity index (χ1n) is 7.83. The van der Waals surface area contributed by atoms with Crippen LogP contribution in [0.3, 0.4) is 0 Å². The van der Waals surface area contributed by atoms with E-state index in [1.165, 1.54) is 0 Å². The lowest BCUT2D eigenvalue weighted by atomic mass is 9.66. The molecule has 1 aliphatic carbocycles. The van der Waals surface area contributed by atoms with E-state index < -0.39 is 10.0 Å². The third-order valence-electron chi connectivity index (χ3n) is 4.96. The molecule has 1 aromatic rings. The Labute approximate surface area is 129 Å². The SMILES string of the molecule is CC[C@@H]1CC(NS(=O)(=O)c2ccc(C)cc2)CCC1(C)C. The van der Waals surface area contributed by atoms with Crippen LogP contribution in [0.15, 0.2) is 29.2 Å². The molecule has 2 rings (SSSR count). The molecule has 1 aliphatic rings. The lowest BCUT2D eigenvalue weighted by molar-refractivity contribution is 0.116. The second kappa shape index (κ2) is 6.09. The average Bonchev–Trinajstić information content (AvgIpc) is 2.41. The van der Waals surface area contributed by atoms with E-state index in [2.05, 4.69) is 25.5 Å². The number of benzene rings is 1. The predicted molar refractivity (Wildman–Crippen MR) is 86.7 cm³/mol. The zero-order valence-electron chi connectivity index (χ0n) is 13.5. The first-order valence-corrected chi connectivity index (χ1v) is 9.32. The minimum absolute atomic E-state index is 0.0641. The number of rotatable bonds is 4. The van der Waals surface area contributed by atoms with Gasteiger partial charge in [0.1, 0.15) is 0 Å². The minimum atomic E-state index is -3.40. The molecule has 1 aromatic carbocycles. The molecule has 1 saturated carbocycles. The van der Waals surface area contributed by atoms with Crippen molar-refractivity contribution in [2.45, 2.75) is 64.3 Å². The zero-order valence-corrected chi connectivity index (χ0v) is 14.3. The van der Waals surface area contributed by atoms with Crippen molar-refractivity contribution in [1.29, 1.82) is 0 Å². The highest BCUT2D eigenvalue weighted by Gasteiger charge is 2.36. The summed E-state index contributed by atoms with van der Waals surface area (Å²) in [5.74, 6) is 0.581. The molecule has 0 bridgehead atoms. The van der Waals surface area contributed by atoms with Crippen LogP contribution in [0.2, 0.25) is 0 Å². The van der Waals surface area contributed by atoms with Gasteiger partial charge in [-0.15, -0.1) is 0 Å². The second-order valence-corrected chi connectivity index (χ2v) is 8.71. The summed E-state index contributed by atoms with van der Waals surface area (Å²) in [6, 6.07) is 7.11. The topological polar surface area (TPSA) is 46.2 Å². The summed E-state index contributed by atoms with van der Waals surface area (Å²) in [5, 5.41) is 0. The molecule has 1 N–H and O–H groups in total. The molecule has 1 unspecified atom stereocenters. The second-order valence-electron chi connectivity index (χ2n) is 7.00. The number of hydrogen-bond donors (Lipinski definition) is 1. The van der Waals surface area contributed by atoms with Crippen LogP contribution < -0.4 is 4.72 Å². The maximum absolute atomic E-state index is 12.5. The van der Waals surface area contributed by atoms with Gasteiger partial charge >= 0.3 is 0 Å². The van der Waals surface area contributed by atoms with Crippen LogP contribution >= 0.6 is 0 Å². The van der Waals surface area contributed by atoms with Crippen LogP contribution in [-0.4, -0.2) is 14.5 Å². The standard InChI is InChI=1S/C17H27NO2S/c1-5-14-12-15(10-11-17(14,3)4)18-21(19,20)16-8-6-13(2)7-9-16/h6-9,14-15,18H,5,10-12H2,1-4H3/t14-,15?/m1/s1. The highest BCUT2D eigenvalue weighted by molar-refractivity contribution is 7.89. The Morgan fingerprint density at radius 3 is 2.43 bits per heavy atom. The van der Waals surface area contributed by atoms with E-state index >= 15 is 0 Å². The Kier molecular flexibility index (Phi) is 4.79. The Bertz CT molecular complexity index is 575. The number of sulfonamides is 1. The van der Waals surface area contributed by atoms with E-state index in [9.17, 15) is 8.42 Å². The van der Waals surface area contributed by atoms with Gasteiger partial charge in [0.15, 0.2) is 0 Å².